The average molecular weight is 601 g/mol. The number of unbranched alkanes of at least 4 members (excludes halogenated alkanes) is 1. The van der Waals surface area contributed by atoms with E-state index >= 15 is 0 Å². The van der Waals surface area contributed by atoms with E-state index in [1.54, 1.807) is 13.2 Å². The van der Waals surface area contributed by atoms with Crippen LogP contribution in [0, 0.1) is 17.8 Å². The number of ether oxygens (including phenoxy) is 1. The summed E-state index contributed by atoms with van der Waals surface area (Å²) < 4.78 is 5.75. The quantitative estimate of drug-likeness (QED) is 0.138. The lowest BCUT2D eigenvalue weighted by Crippen LogP contribution is -2.32. The van der Waals surface area contributed by atoms with Gasteiger partial charge in [-0.25, -0.2) is 0 Å². The number of Topliss-reactive ketones (excluding diaryl/α,β-unsaturated/α-hetero) is 3. The number of aliphatic hydroxyl groups is 2. The normalized spacial score (nSPS) is 15.8. The highest BCUT2D eigenvalue weighted by Gasteiger charge is 2.35. The Balaban J connectivity index is 1.59. The van der Waals surface area contributed by atoms with Crippen LogP contribution in [0.25, 0.3) is 11.1 Å². The van der Waals surface area contributed by atoms with Crippen LogP contribution >= 0.6 is 0 Å². The smallest absolute Gasteiger partial charge is 0.167 e. The van der Waals surface area contributed by atoms with E-state index in [9.17, 15) is 29.7 Å². The van der Waals surface area contributed by atoms with Crippen molar-refractivity contribution in [2.24, 2.45) is 17.8 Å². The minimum atomic E-state index is -0.787. The van der Waals surface area contributed by atoms with Crippen LogP contribution in [0.2, 0.25) is 0 Å². The van der Waals surface area contributed by atoms with Gasteiger partial charge in [-0.1, -0.05) is 42.5 Å². The maximum Gasteiger partial charge on any atom is 0.167 e. The largest absolute Gasteiger partial charge is 0.507 e. The van der Waals surface area contributed by atoms with Crippen LogP contribution in [0.15, 0.2) is 60.7 Å². The Kier molecular flexibility index (Phi) is 11.9. The van der Waals surface area contributed by atoms with Gasteiger partial charge in [0.15, 0.2) is 5.78 Å². The van der Waals surface area contributed by atoms with E-state index in [2.05, 4.69) is 36.4 Å². The summed E-state index contributed by atoms with van der Waals surface area (Å²) in [7, 11) is 1.62. The lowest BCUT2D eigenvalue weighted by molar-refractivity contribution is -0.131. The van der Waals surface area contributed by atoms with Crippen LogP contribution in [0.5, 0.6) is 11.5 Å². The van der Waals surface area contributed by atoms with Crippen molar-refractivity contribution in [3.8, 4) is 22.6 Å². The molecule has 0 amide bonds. The van der Waals surface area contributed by atoms with Crippen molar-refractivity contribution in [3.05, 3.63) is 82.9 Å². The van der Waals surface area contributed by atoms with Crippen LogP contribution < -0.4 is 4.74 Å². The third-order valence-electron chi connectivity index (χ3n) is 8.85. The fourth-order valence-electron chi connectivity index (χ4n) is 6.69. The third kappa shape index (κ3) is 8.21. The van der Waals surface area contributed by atoms with E-state index in [4.69, 9.17) is 4.74 Å². The molecule has 3 unspecified atom stereocenters. The van der Waals surface area contributed by atoms with Crippen molar-refractivity contribution in [3.63, 3.8) is 0 Å². The van der Waals surface area contributed by atoms with Gasteiger partial charge in [-0.05, 0) is 104 Å². The number of aryl methyl sites for hydroxylation is 2. The summed E-state index contributed by atoms with van der Waals surface area (Å²) in [5.41, 5.74) is 5.22. The molecular formula is C37H44O7. The van der Waals surface area contributed by atoms with Gasteiger partial charge < -0.3 is 20.1 Å². The van der Waals surface area contributed by atoms with Gasteiger partial charge in [-0.2, -0.15) is 0 Å². The molecule has 1 aliphatic rings. The minimum Gasteiger partial charge on any atom is -0.507 e. The predicted molar refractivity (Wildman–Crippen MR) is 170 cm³/mol. The molecular weight excluding hydrogens is 556 g/mol. The molecule has 7 heteroatoms. The second-order valence-corrected chi connectivity index (χ2v) is 12.1. The fraction of sp³-hybridized carbons (Fsp3) is 0.432. The first-order chi connectivity index (χ1) is 21.2. The van der Waals surface area contributed by atoms with Gasteiger partial charge >= 0.3 is 0 Å². The topological polar surface area (TPSA) is 121 Å². The Morgan fingerprint density at radius 2 is 1.66 bits per heavy atom. The Morgan fingerprint density at radius 1 is 0.932 bits per heavy atom. The van der Waals surface area contributed by atoms with Gasteiger partial charge in [-0.3, -0.25) is 14.4 Å². The first-order valence-corrected chi connectivity index (χ1v) is 15.6. The number of hydrogen-bond donors (Lipinski definition) is 3. The highest BCUT2D eigenvalue weighted by Crippen LogP contribution is 2.43. The van der Waals surface area contributed by atoms with E-state index in [0.717, 1.165) is 47.9 Å². The maximum absolute atomic E-state index is 13.5. The molecule has 7 nitrogen and oxygen atoms in total. The highest BCUT2D eigenvalue weighted by atomic mass is 16.5. The monoisotopic (exact) mass is 600 g/mol. The van der Waals surface area contributed by atoms with Crippen molar-refractivity contribution in [1.29, 1.82) is 0 Å². The zero-order valence-corrected chi connectivity index (χ0v) is 25.8. The van der Waals surface area contributed by atoms with Crippen molar-refractivity contribution in [1.82, 2.24) is 0 Å². The number of ketones is 3. The standard InChI is InChI=1S/C37H44O7/c1-24(40)18-34(42)32(23-39)28(16-17-38)19-27-21-31-29(13-14-33(41)37(31)35(43)22-27)30-20-26(12-15-36(30)44-2)11-7-6-10-25-8-4-3-5-9-25/h3-5,8-9,12-15,20,27-28,32,38-39,41H,6-7,10-11,16-19,21-23H2,1-2H3. The number of carbonyl (C=O) groups excluding carboxylic acids is 3. The summed E-state index contributed by atoms with van der Waals surface area (Å²) in [6, 6.07) is 20.0. The number of aromatic hydroxyl groups is 1. The maximum atomic E-state index is 13.5. The molecule has 0 radical (unpaired) electrons. The summed E-state index contributed by atoms with van der Waals surface area (Å²) in [6.45, 7) is 0.745. The molecule has 3 aromatic carbocycles. The summed E-state index contributed by atoms with van der Waals surface area (Å²) in [4.78, 5) is 37.9. The van der Waals surface area contributed by atoms with E-state index in [1.807, 2.05) is 18.2 Å². The number of methoxy groups -OCH3 is 1. The lowest BCUT2D eigenvalue weighted by atomic mass is 9.72. The number of benzene rings is 3. The van der Waals surface area contributed by atoms with E-state index in [0.29, 0.717) is 24.2 Å². The molecule has 44 heavy (non-hydrogen) atoms. The number of phenolic OH excluding ortho intramolecular Hbond substituents is 1. The van der Waals surface area contributed by atoms with Crippen LogP contribution in [-0.2, 0) is 28.9 Å². The first-order valence-electron chi connectivity index (χ1n) is 15.6. The zero-order valence-electron chi connectivity index (χ0n) is 25.8. The van der Waals surface area contributed by atoms with E-state index in [1.165, 1.54) is 12.5 Å². The van der Waals surface area contributed by atoms with Crippen molar-refractivity contribution < 1.29 is 34.4 Å². The molecule has 0 saturated heterocycles. The second-order valence-electron chi connectivity index (χ2n) is 12.1. The van der Waals surface area contributed by atoms with Crippen LogP contribution in [0.4, 0.5) is 0 Å². The number of hydrogen-bond acceptors (Lipinski definition) is 7. The number of aliphatic hydroxyl groups excluding tert-OH is 2. The number of fused-ring (bicyclic) bond motifs is 1. The average Bonchev–Trinajstić information content (AvgIpc) is 3.00. The first kappa shape index (κ1) is 33.1. The van der Waals surface area contributed by atoms with Crippen LogP contribution in [0.1, 0.15) is 72.5 Å². The van der Waals surface area contributed by atoms with Crippen LogP contribution in [0.3, 0.4) is 0 Å². The van der Waals surface area contributed by atoms with Gasteiger partial charge in [0.1, 0.15) is 23.1 Å². The van der Waals surface area contributed by atoms with Crippen LogP contribution in [-0.4, -0.2) is 53.0 Å². The molecule has 0 bridgehead atoms. The molecule has 3 atom stereocenters. The fourth-order valence-corrected chi connectivity index (χ4v) is 6.69. The van der Waals surface area contributed by atoms with Gasteiger partial charge in [-0.15, -0.1) is 0 Å². The van der Waals surface area contributed by atoms with Crippen molar-refractivity contribution in [2.75, 3.05) is 20.3 Å². The SMILES string of the molecule is COc1ccc(CCCCc2ccccc2)cc1-c1ccc(O)c2c1CC(CC(CCO)C(CO)C(=O)CC(C)=O)CC2=O. The molecule has 0 aliphatic heterocycles. The molecule has 0 spiro atoms. The Morgan fingerprint density at radius 3 is 2.32 bits per heavy atom. The third-order valence-corrected chi connectivity index (χ3v) is 8.85. The van der Waals surface area contributed by atoms with E-state index in [-0.39, 0.29) is 60.8 Å². The number of rotatable bonds is 16. The Bertz CT molecular complexity index is 1450. The molecule has 4 rings (SSSR count). The van der Waals surface area contributed by atoms with E-state index < -0.39 is 12.5 Å². The number of carbonyl (C=O) groups is 3. The van der Waals surface area contributed by atoms with Crippen molar-refractivity contribution in [2.45, 2.75) is 64.7 Å². The molecule has 234 valence electrons. The van der Waals surface area contributed by atoms with Gasteiger partial charge in [0.2, 0.25) is 0 Å². The van der Waals surface area contributed by atoms with Gasteiger partial charge in [0.25, 0.3) is 0 Å². The lowest BCUT2D eigenvalue weighted by Gasteiger charge is -2.32. The highest BCUT2D eigenvalue weighted by molar-refractivity contribution is 6.03. The zero-order chi connectivity index (χ0) is 31.6. The predicted octanol–water partition coefficient (Wildman–Crippen LogP) is 5.92. The molecule has 0 heterocycles. The Hall–Kier alpha value is -3.81. The van der Waals surface area contributed by atoms with Crippen molar-refractivity contribution >= 4 is 17.3 Å². The minimum absolute atomic E-state index is 0.0555. The summed E-state index contributed by atoms with van der Waals surface area (Å²) in [5.74, 6) is -1.51. The molecule has 3 N–H and O–H groups in total. The molecule has 3 aromatic rings. The molecule has 0 saturated carbocycles. The molecule has 0 fully saturated rings. The molecule has 0 aromatic heterocycles. The molecule has 1 aliphatic carbocycles. The van der Waals surface area contributed by atoms with Gasteiger partial charge in [0.05, 0.1) is 25.7 Å². The summed E-state index contributed by atoms with van der Waals surface area (Å²) in [6.07, 6.45) is 5.11. The summed E-state index contributed by atoms with van der Waals surface area (Å²) in [5, 5.41) is 30.6. The van der Waals surface area contributed by atoms with Gasteiger partial charge in [0, 0.05) is 24.5 Å². The summed E-state index contributed by atoms with van der Waals surface area (Å²) >= 11 is 0. The Labute approximate surface area is 259 Å². The number of phenols is 1. The second kappa shape index (κ2) is 15.8.